The molecule has 2 atom stereocenters. The Morgan fingerprint density at radius 2 is 1.67 bits per heavy atom. The zero-order chi connectivity index (χ0) is 17.3. The number of halogens is 3. The smallest absolute Gasteiger partial charge is 0.352 e. The largest absolute Gasteiger partial charge is 0.435 e. The van der Waals surface area contributed by atoms with Crippen LogP contribution in [0.5, 0.6) is 0 Å². The number of benzene rings is 1. The summed E-state index contributed by atoms with van der Waals surface area (Å²) in [4.78, 5) is 1.98. The van der Waals surface area contributed by atoms with Gasteiger partial charge in [0, 0.05) is 30.7 Å². The summed E-state index contributed by atoms with van der Waals surface area (Å²) in [7, 11) is 0. The number of hydrogen-bond donors (Lipinski definition) is 1. The molecule has 128 valence electrons. The summed E-state index contributed by atoms with van der Waals surface area (Å²) in [5.74, 6) is 0.474. The van der Waals surface area contributed by atoms with Gasteiger partial charge >= 0.3 is 6.18 Å². The maximum Gasteiger partial charge on any atom is 0.435 e. The zero-order valence-electron chi connectivity index (χ0n) is 13.5. The molecular formula is C17H19F3N4. The van der Waals surface area contributed by atoms with Gasteiger partial charge in [-0.3, -0.25) is 0 Å². The molecule has 4 nitrogen and oxygen atoms in total. The van der Waals surface area contributed by atoms with Gasteiger partial charge in [0.1, 0.15) is 0 Å². The summed E-state index contributed by atoms with van der Waals surface area (Å²) in [6.07, 6.45) is -4.54. The summed E-state index contributed by atoms with van der Waals surface area (Å²) < 4.78 is 39.9. The lowest BCUT2D eigenvalue weighted by molar-refractivity contribution is -0.141. The topological polar surface area (TPSA) is 41.1 Å². The van der Waals surface area contributed by atoms with Crippen LogP contribution in [-0.2, 0) is 6.18 Å². The van der Waals surface area contributed by atoms with Crippen LogP contribution in [0.1, 0.15) is 19.5 Å². The fourth-order valence-electron chi connectivity index (χ4n) is 3.10. The second-order valence-corrected chi connectivity index (χ2v) is 6.20. The third kappa shape index (κ3) is 3.51. The maximum atomic E-state index is 13.3. The molecule has 1 fully saturated rings. The van der Waals surface area contributed by atoms with E-state index in [-0.39, 0.29) is 17.6 Å². The van der Waals surface area contributed by atoms with Crippen molar-refractivity contribution in [2.75, 3.05) is 18.0 Å². The van der Waals surface area contributed by atoms with Gasteiger partial charge in [-0.15, -0.1) is 10.2 Å². The van der Waals surface area contributed by atoms with Crippen LogP contribution in [0.4, 0.5) is 19.0 Å². The molecular weight excluding hydrogens is 317 g/mol. The molecule has 1 aliphatic heterocycles. The Morgan fingerprint density at radius 1 is 1.04 bits per heavy atom. The minimum Gasteiger partial charge on any atom is -0.352 e. The second kappa shape index (κ2) is 6.39. The molecule has 0 spiro atoms. The van der Waals surface area contributed by atoms with Crippen LogP contribution in [-0.4, -0.2) is 35.4 Å². The predicted octanol–water partition coefficient (Wildman–Crippen LogP) is 3.35. The van der Waals surface area contributed by atoms with E-state index >= 15 is 0 Å². The lowest BCUT2D eigenvalue weighted by Gasteiger charge is -2.36. The number of nitrogens with zero attached hydrogens (tertiary/aromatic N) is 3. The van der Waals surface area contributed by atoms with E-state index in [0.717, 1.165) is 0 Å². The Balaban J connectivity index is 2.05. The predicted molar refractivity (Wildman–Crippen MR) is 86.7 cm³/mol. The first kappa shape index (κ1) is 16.7. The monoisotopic (exact) mass is 336 g/mol. The van der Waals surface area contributed by atoms with Crippen molar-refractivity contribution in [3.8, 4) is 11.1 Å². The lowest BCUT2D eigenvalue weighted by atomic mass is 10.0. The van der Waals surface area contributed by atoms with Gasteiger partial charge in [-0.25, -0.2) is 0 Å². The Morgan fingerprint density at radius 3 is 2.25 bits per heavy atom. The van der Waals surface area contributed by atoms with Gasteiger partial charge in [0.05, 0.1) is 0 Å². The van der Waals surface area contributed by atoms with Gasteiger partial charge < -0.3 is 10.2 Å². The molecule has 0 amide bonds. The van der Waals surface area contributed by atoms with Crippen LogP contribution in [0.15, 0.2) is 36.4 Å². The number of piperazine rings is 1. The molecule has 0 unspecified atom stereocenters. The lowest BCUT2D eigenvalue weighted by Crippen LogP contribution is -2.54. The average Bonchev–Trinajstić information content (AvgIpc) is 2.53. The number of alkyl halides is 3. The van der Waals surface area contributed by atoms with E-state index < -0.39 is 11.9 Å². The molecule has 1 N–H and O–H groups in total. The molecule has 3 rings (SSSR count). The SMILES string of the molecule is C[C@@H]1CN(c2cc(-c3ccccc3)c(C(F)(F)F)nn2)C[C@H](C)N1. The van der Waals surface area contributed by atoms with E-state index in [1.54, 1.807) is 30.3 Å². The van der Waals surface area contributed by atoms with Gasteiger partial charge in [-0.05, 0) is 25.5 Å². The average molecular weight is 336 g/mol. The summed E-state index contributed by atoms with van der Waals surface area (Å²) in [5, 5.41) is 10.8. The summed E-state index contributed by atoms with van der Waals surface area (Å²) >= 11 is 0. The van der Waals surface area contributed by atoms with Gasteiger partial charge in [-0.1, -0.05) is 30.3 Å². The van der Waals surface area contributed by atoms with Crippen molar-refractivity contribution in [2.24, 2.45) is 0 Å². The van der Waals surface area contributed by atoms with Crippen molar-refractivity contribution in [1.82, 2.24) is 15.5 Å². The van der Waals surface area contributed by atoms with E-state index in [2.05, 4.69) is 15.5 Å². The molecule has 7 heteroatoms. The number of anilines is 1. The molecule has 1 saturated heterocycles. The van der Waals surface area contributed by atoms with E-state index in [9.17, 15) is 13.2 Å². The van der Waals surface area contributed by atoms with Crippen molar-refractivity contribution in [2.45, 2.75) is 32.1 Å². The van der Waals surface area contributed by atoms with Crippen LogP contribution in [0, 0.1) is 0 Å². The van der Waals surface area contributed by atoms with Gasteiger partial charge in [0.25, 0.3) is 0 Å². The Bertz CT molecular complexity index is 693. The molecule has 2 heterocycles. The highest BCUT2D eigenvalue weighted by Gasteiger charge is 2.37. The van der Waals surface area contributed by atoms with Crippen LogP contribution in [0.3, 0.4) is 0 Å². The standard InChI is InChI=1S/C17H19F3N4/c1-11-9-24(10-12(2)21-11)15-8-14(13-6-4-3-5-7-13)16(23-22-15)17(18,19)20/h3-8,11-12,21H,9-10H2,1-2H3/t11-,12+. The summed E-state index contributed by atoms with van der Waals surface area (Å²) in [6.45, 7) is 5.44. The molecule has 0 aliphatic carbocycles. The molecule has 0 radical (unpaired) electrons. The maximum absolute atomic E-state index is 13.3. The Hall–Kier alpha value is -2.15. The molecule has 2 aromatic rings. The number of rotatable bonds is 2. The van der Waals surface area contributed by atoms with Crippen molar-refractivity contribution >= 4 is 5.82 Å². The zero-order valence-corrected chi connectivity index (χ0v) is 13.5. The minimum absolute atomic E-state index is 0.0620. The van der Waals surface area contributed by atoms with E-state index in [1.807, 2.05) is 18.7 Å². The van der Waals surface area contributed by atoms with Crippen molar-refractivity contribution in [3.05, 3.63) is 42.1 Å². The van der Waals surface area contributed by atoms with Gasteiger partial charge in [0.15, 0.2) is 11.5 Å². The number of aromatic nitrogens is 2. The van der Waals surface area contributed by atoms with Crippen LogP contribution in [0.25, 0.3) is 11.1 Å². The van der Waals surface area contributed by atoms with Gasteiger partial charge in [-0.2, -0.15) is 13.2 Å². The first-order chi connectivity index (χ1) is 11.3. The van der Waals surface area contributed by atoms with Crippen LogP contribution < -0.4 is 10.2 Å². The highest BCUT2D eigenvalue weighted by Crippen LogP contribution is 2.36. The van der Waals surface area contributed by atoms with E-state index in [1.165, 1.54) is 6.07 Å². The van der Waals surface area contributed by atoms with Crippen LogP contribution in [0.2, 0.25) is 0 Å². The van der Waals surface area contributed by atoms with Crippen LogP contribution >= 0.6 is 0 Å². The third-order valence-electron chi connectivity index (χ3n) is 4.02. The van der Waals surface area contributed by atoms with E-state index in [4.69, 9.17) is 0 Å². The number of hydrogen-bond acceptors (Lipinski definition) is 4. The Kier molecular flexibility index (Phi) is 4.45. The first-order valence-electron chi connectivity index (χ1n) is 7.86. The fraction of sp³-hybridized carbons (Fsp3) is 0.412. The minimum atomic E-state index is -4.54. The summed E-state index contributed by atoms with van der Waals surface area (Å²) in [6, 6.07) is 10.5. The molecule has 1 aromatic carbocycles. The number of nitrogens with one attached hydrogen (secondary N) is 1. The van der Waals surface area contributed by atoms with Crippen molar-refractivity contribution in [1.29, 1.82) is 0 Å². The molecule has 1 aromatic heterocycles. The third-order valence-corrected chi connectivity index (χ3v) is 4.02. The van der Waals surface area contributed by atoms with Crippen molar-refractivity contribution < 1.29 is 13.2 Å². The van der Waals surface area contributed by atoms with E-state index in [0.29, 0.717) is 24.5 Å². The quantitative estimate of drug-likeness (QED) is 0.913. The first-order valence-corrected chi connectivity index (χ1v) is 7.86. The van der Waals surface area contributed by atoms with Crippen molar-refractivity contribution in [3.63, 3.8) is 0 Å². The highest BCUT2D eigenvalue weighted by atomic mass is 19.4. The normalized spacial score (nSPS) is 21.8. The summed E-state index contributed by atoms with van der Waals surface area (Å²) in [5.41, 5.74) is -0.405. The molecule has 0 bridgehead atoms. The second-order valence-electron chi connectivity index (χ2n) is 6.20. The highest BCUT2D eigenvalue weighted by molar-refractivity contribution is 5.69. The fourth-order valence-corrected chi connectivity index (χ4v) is 3.10. The molecule has 24 heavy (non-hydrogen) atoms. The molecule has 0 saturated carbocycles. The Labute approximate surface area is 138 Å². The molecule has 1 aliphatic rings. The van der Waals surface area contributed by atoms with Gasteiger partial charge in [0.2, 0.25) is 0 Å².